The van der Waals surface area contributed by atoms with Gasteiger partial charge in [0.25, 0.3) is 0 Å². The summed E-state index contributed by atoms with van der Waals surface area (Å²) in [5, 5.41) is 0. The van der Waals surface area contributed by atoms with Crippen LogP contribution in [0.3, 0.4) is 0 Å². The molecule has 1 aliphatic rings. The van der Waals surface area contributed by atoms with Crippen molar-refractivity contribution in [3.05, 3.63) is 0 Å². The lowest BCUT2D eigenvalue weighted by atomic mass is 10.2. The zero-order valence-electron chi connectivity index (χ0n) is 7.12. The van der Waals surface area contributed by atoms with E-state index in [2.05, 4.69) is 16.8 Å². The summed E-state index contributed by atoms with van der Waals surface area (Å²) in [5.41, 5.74) is 0. The van der Waals surface area contributed by atoms with Gasteiger partial charge in [0, 0.05) is 19.7 Å². The van der Waals surface area contributed by atoms with Crippen LogP contribution in [0.4, 0.5) is 0 Å². The number of hydrogen-bond acceptors (Lipinski definition) is 4. The molecule has 2 N–H and O–H groups in total. The summed E-state index contributed by atoms with van der Waals surface area (Å²) >= 11 is 0. The molecular weight excluding hydrogens is 144 g/mol. The fourth-order valence-corrected chi connectivity index (χ4v) is 1.51. The van der Waals surface area contributed by atoms with Gasteiger partial charge < -0.3 is 9.57 Å². The number of methoxy groups -OCH3 is 1. The van der Waals surface area contributed by atoms with Crippen molar-refractivity contribution in [2.45, 2.75) is 18.6 Å². The molecule has 0 aromatic carbocycles. The summed E-state index contributed by atoms with van der Waals surface area (Å²) in [6.45, 7) is 1.57. The Balaban J connectivity index is 2.32. The van der Waals surface area contributed by atoms with Crippen LogP contribution >= 0.6 is 0 Å². The molecule has 0 spiro atoms. The second-order valence-electron chi connectivity index (χ2n) is 3.02. The molecular formula is C7H16N2O2. The molecule has 1 rings (SSSR count). The number of hydrogen-bond donors (Lipinski definition) is 1. The summed E-state index contributed by atoms with van der Waals surface area (Å²) in [5.74, 6) is 4.99. The second-order valence-corrected chi connectivity index (χ2v) is 3.02. The molecule has 0 saturated carbocycles. The lowest BCUT2D eigenvalue weighted by Gasteiger charge is -2.16. The SMILES string of the molecule is COC1CC(CON)N(C)C1. The molecule has 0 aliphatic carbocycles. The summed E-state index contributed by atoms with van der Waals surface area (Å²) in [4.78, 5) is 6.80. The van der Waals surface area contributed by atoms with Crippen molar-refractivity contribution in [1.29, 1.82) is 0 Å². The summed E-state index contributed by atoms with van der Waals surface area (Å²) in [6, 6.07) is 0.421. The Labute approximate surface area is 67.2 Å². The zero-order valence-corrected chi connectivity index (χ0v) is 7.12. The van der Waals surface area contributed by atoms with Crippen molar-refractivity contribution < 1.29 is 9.57 Å². The van der Waals surface area contributed by atoms with Gasteiger partial charge in [-0.3, -0.25) is 4.90 Å². The third-order valence-electron chi connectivity index (χ3n) is 2.27. The lowest BCUT2D eigenvalue weighted by Crippen LogP contribution is -2.30. The molecule has 1 saturated heterocycles. The maximum atomic E-state index is 5.22. The highest BCUT2D eigenvalue weighted by Crippen LogP contribution is 2.17. The zero-order chi connectivity index (χ0) is 8.27. The van der Waals surface area contributed by atoms with Crippen LogP contribution < -0.4 is 5.90 Å². The highest BCUT2D eigenvalue weighted by atomic mass is 16.6. The first-order chi connectivity index (χ1) is 5.27. The van der Waals surface area contributed by atoms with Gasteiger partial charge in [-0.1, -0.05) is 0 Å². The van der Waals surface area contributed by atoms with E-state index in [-0.39, 0.29) is 0 Å². The lowest BCUT2D eigenvalue weighted by molar-refractivity contribution is 0.0858. The number of rotatable bonds is 3. The molecule has 1 fully saturated rings. The van der Waals surface area contributed by atoms with Crippen LogP contribution in [0.15, 0.2) is 0 Å². The van der Waals surface area contributed by atoms with E-state index in [1.807, 2.05) is 0 Å². The van der Waals surface area contributed by atoms with Crippen molar-refractivity contribution in [2.75, 3.05) is 27.3 Å². The third kappa shape index (κ3) is 2.13. The van der Waals surface area contributed by atoms with Gasteiger partial charge in [0.15, 0.2) is 0 Å². The van der Waals surface area contributed by atoms with Crippen LogP contribution in [0.1, 0.15) is 6.42 Å². The molecule has 11 heavy (non-hydrogen) atoms. The van der Waals surface area contributed by atoms with Gasteiger partial charge in [0.05, 0.1) is 12.7 Å². The van der Waals surface area contributed by atoms with E-state index in [9.17, 15) is 0 Å². The fourth-order valence-electron chi connectivity index (χ4n) is 1.51. The first-order valence-corrected chi connectivity index (χ1v) is 3.82. The number of likely N-dealkylation sites (tertiary alicyclic amines) is 1. The highest BCUT2D eigenvalue weighted by Gasteiger charge is 2.29. The van der Waals surface area contributed by atoms with E-state index in [1.54, 1.807) is 7.11 Å². The summed E-state index contributed by atoms with van der Waals surface area (Å²) in [6.07, 6.45) is 1.37. The van der Waals surface area contributed by atoms with Crippen molar-refractivity contribution in [1.82, 2.24) is 4.90 Å². The number of ether oxygens (including phenoxy) is 1. The van der Waals surface area contributed by atoms with Crippen LogP contribution in [-0.2, 0) is 9.57 Å². The molecule has 1 heterocycles. The van der Waals surface area contributed by atoms with E-state index >= 15 is 0 Å². The molecule has 66 valence electrons. The Hall–Kier alpha value is -0.160. The standard InChI is InChI=1S/C7H16N2O2/c1-9-4-7(10-2)3-6(9)5-11-8/h6-7H,3-5,8H2,1-2H3. The minimum absolute atomic E-state index is 0.347. The second kappa shape index (κ2) is 4.01. The van der Waals surface area contributed by atoms with Crippen molar-refractivity contribution in [2.24, 2.45) is 5.90 Å². The van der Waals surface area contributed by atoms with Gasteiger partial charge in [-0.25, -0.2) is 5.90 Å². The maximum Gasteiger partial charge on any atom is 0.0835 e. The van der Waals surface area contributed by atoms with Crippen LogP contribution in [0.5, 0.6) is 0 Å². The molecule has 2 unspecified atom stereocenters. The number of likely N-dealkylation sites (N-methyl/N-ethyl adjacent to an activating group) is 1. The topological polar surface area (TPSA) is 47.7 Å². The minimum atomic E-state index is 0.347. The Bertz CT molecular complexity index is 121. The van der Waals surface area contributed by atoms with Crippen molar-refractivity contribution >= 4 is 0 Å². The smallest absolute Gasteiger partial charge is 0.0835 e. The molecule has 4 heteroatoms. The van der Waals surface area contributed by atoms with Crippen LogP contribution in [0.2, 0.25) is 0 Å². The van der Waals surface area contributed by atoms with Crippen LogP contribution in [-0.4, -0.2) is 44.4 Å². The van der Waals surface area contributed by atoms with Gasteiger partial charge in [0.1, 0.15) is 0 Å². The van der Waals surface area contributed by atoms with E-state index < -0.39 is 0 Å². The van der Waals surface area contributed by atoms with E-state index in [0.717, 1.165) is 13.0 Å². The normalized spacial score (nSPS) is 33.0. The average Bonchev–Trinajstić information content (AvgIpc) is 2.33. The molecule has 0 bridgehead atoms. The quantitative estimate of drug-likeness (QED) is 0.570. The van der Waals surface area contributed by atoms with E-state index in [1.165, 1.54) is 0 Å². The van der Waals surface area contributed by atoms with E-state index in [4.69, 9.17) is 10.6 Å². The number of nitrogens with two attached hydrogens (primary N) is 1. The van der Waals surface area contributed by atoms with Gasteiger partial charge in [0.2, 0.25) is 0 Å². The summed E-state index contributed by atoms with van der Waals surface area (Å²) < 4.78 is 5.22. The highest BCUT2D eigenvalue weighted by molar-refractivity contribution is 4.83. The van der Waals surface area contributed by atoms with Gasteiger partial charge in [-0.05, 0) is 13.5 Å². The third-order valence-corrected chi connectivity index (χ3v) is 2.27. The molecule has 0 aromatic rings. The Morgan fingerprint density at radius 2 is 2.36 bits per heavy atom. The molecule has 4 nitrogen and oxygen atoms in total. The monoisotopic (exact) mass is 160 g/mol. The number of nitrogens with zero attached hydrogens (tertiary/aromatic N) is 1. The fraction of sp³-hybridized carbons (Fsp3) is 1.00. The summed E-state index contributed by atoms with van der Waals surface area (Å²) in [7, 11) is 3.80. The molecule has 0 aromatic heterocycles. The minimum Gasteiger partial charge on any atom is -0.380 e. The molecule has 0 amide bonds. The maximum absolute atomic E-state index is 5.22. The largest absolute Gasteiger partial charge is 0.380 e. The van der Waals surface area contributed by atoms with Crippen LogP contribution in [0.25, 0.3) is 0 Å². The van der Waals surface area contributed by atoms with Gasteiger partial charge in [-0.15, -0.1) is 0 Å². The van der Waals surface area contributed by atoms with Crippen molar-refractivity contribution in [3.8, 4) is 0 Å². The molecule has 1 aliphatic heterocycles. The van der Waals surface area contributed by atoms with Crippen molar-refractivity contribution in [3.63, 3.8) is 0 Å². The van der Waals surface area contributed by atoms with E-state index in [0.29, 0.717) is 18.8 Å². The molecule has 0 radical (unpaired) electrons. The van der Waals surface area contributed by atoms with Crippen LogP contribution in [0, 0.1) is 0 Å². The Morgan fingerprint density at radius 1 is 1.64 bits per heavy atom. The van der Waals surface area contributed by atoms with Gasteiger partial charge >= 0.3 is 0 Å². The predicted molar refractivity (Wildman–Crippen MR) is 42.0 cm³/mol. The first kappa shape index (κ1) is 8.93. The molecule has 2 atom stereocenters. The predicted octanol–water partition coefficient (Wildman–Crippen LogP) is -0.404. The first-order valence-electron chi connectivity index (χ1n) is 3.82. The van der Waals surface area contributed by atoms with Gasteiger partial charge in [-0.2, -0.15) is 0 Å². The average molecular weight is 160 g/mol. The Kier molecular flexibility index (Phi) is 3.26. The Morgan fingerprint density at radius 3 is 2.82 bits per heavy atom.